The molecule has 0 aliphatic rings. The summed E-state index contributed by atoms with van der Waals surface area (Å²) in [5.41, 5.74) is 0.270. The first-order valence-corrected chi connectivity index (χ1v) is 6.12. The Balaban J connectivity index is 2.36. The summed E-state index contributed by atoms with van der Waals surface area (Å²) in [4.78, 5) is 14.8. The van der Waals surface area contributed by atoms with Crippen molar-refractivity contribution in [1.29, 1.82) is 0 Å². The molecule has 1 N–H and O–H groups in total. The van der Waals surface area contributed by atoms with Gasteiger partial charge in [-0.15, -0.1) is 11.8 Å². The van der Waals surface area contributed by atoms with Crippen LogP contribution in [0.15, 0.2) is 23.4 Å². The molecule has 1 heterocycles. The number of carbonyl (C=O) groups is 1. The first kappa shape index (κ1) is 13.0. The Morgan fingerprint density at radius 3 is 3.06 bits per heavy atom. The number of carboxylic acid groups (broad SMARTS) is 1. The summed E-state index contributed by atoms with van der Waals surface area (Å²) in [7, 11) is 0. The van der Waals surface area contributed by atoms with Gasteiger partial charge in [0.05, 0.1) is 17.2 Å². The van der Waals surface area contributed by atoms with Crippen LogP contribution in [0.4, 0.5) is 0 Å². The zero-order valence-corrected chi connectivity index (χ0v) is 10.00. The molecule has 1 aromatic heterocycles. The van der Waals surface area contributed by atoms with Crippen LogP contribution >= 0.6 is 11.8 Å². The van der Waals surface area contributed by atoms with Crippen molar-refractivity contribution < 1.29 is 14.6 Å². The van der Waals surface area contributed by atoms with Crippen LogP contribution in [0.1, 0.15) is 23.7 Å². The van der Waals surface area contributed by atoms with Gasteiger partial charge in [0.1, 0.15) is 0 Å². The molecule has 0 aliphatic heterocycles. The molecule has 0 unspecified atom stereocenters. The van der Waals surface area contributed by atoms with Gasteiger partial charge in [0.25, 0.3) is 0 Å². The minimum absolute atomic E-state index is 0.270. The lowest BCUT2D eigenvalue weighted by Gasteiger charge is -2.02. The number of rotatable bonds is 7. The second-order valence-corrected chi connectivity index (χ2v) is 4.26. The lowest BCUT2D eigenvalue weighted by atomic mass is 10.3. The van der Waals surface area contributed by atoms with E-state index < -0.39 is 5.97 Å². The molecule has 0 aromatic carbocycles. The van der Waals surface area contributed by atoms with Gasteiger partial charge in [0.2, 0.25) is 0 Å². The summed E-state index contributed by atoms with van der Waals surface area (Å²) in [5, 5.41) is 9.51. The molecule has 0 bridgehead atoms. The molecule has 0 saturated heterocycles. The Hall–Kier alpha value is -1.07. The van der Waals surface area contributed by atoms with Gasteiger partial charge in [-0.2, -0.15) is 0 Å². The molecule has 0 atom stereocenters. The van der Waals surface area contributed by atoms with Crippen LogP contribution in [-0.4, -0.2) is 35.0 Å². The number of hydrogen-bond acceptors (Lipinski definition) is 4. The van der Waals surface area contributed by atoms with Crippen LogP contribution in [0.2, 0.25) is 0 Å². The summed E-state index contributed by atoms with van der Waals surface area (Å²) in [6, 6.07) is 3.06. The Morgan fingerprint density at radius 2 is 2.38 bits per heavy atom. The van der Waals surface area contributed by atoms with Crippen molar-refractivity contribution >= 4 is 17.7 Å². The first-order chi connectivity index (χ1) is 7.74. The monoisotopic (exact) mass is 241 g/mol. The molecule has 0 amide bonds. The molecule has 88 valence electrons. The molecular weight excluding hydrogens is 226 g/mol. The van der Waals surface area contributed by atoms with Gasteiger partial charge in [0, 0.05) is 18.6 Å². The van der Waals surface area contributed by atoms with Crippen molar-refractivity contribution in [2.24, 2.45) is 0 Å². The number of thioether (sulfide) groups is 1. The number of carboxylic acids is 1. The molecule has 1 rings (SSSR count). The van der Waals surface area contributed by atoms with E-state index in [4.69, 9.17) is 9.84 Å². The third-order valence-corrected chi connectivity index (χ3v) is 2.70. The lowest BCUT2D eigenvalue weighted by Crippen LogP contribution is -2.00. The maximum atomic E-state index is 10.7. The molecule has 0 spiro atoms. The second-order valence-electron chi connectivity index (χ2n) is 3.15. The van der Waals surface area contributed by atoms with Crippen LogP contribution in [0.5, 0.6) is 0 Å². The predicted molar refractivity (Wildman–Crippen MR) is 63.0 cm³/mol. The fraction of sp³-hybridized carbons (Fsp3) is 0.455. The van der Waals surface area contributed by atoms with E-state index in [0.29, 0.717) is 6.61 Å². The molecule has 0 radical (unpaired) electrons. The van der Waals surface area contributed by atoms with Gasteiger partial charge < -0.3 is 9.84 Å². The van der Waals surface area contributed by atoms with Crippen molar-refractivity contribution in [2.75, 3.05) is 19.0 Å². The van der Waals surface area contributed by atoms with Gasteiger partial charge >= 0.3 is 5.97 Å². The SMILES string of the molecule is CCCOCCSc1cc(C(=O)O)ccn1. The second kappa shape index (κ2) is 7.24. The van der Waals surface area contributed by atoms with Crippen molar-refractivity contribution in [2.45, 2.75) is 18.4 Å². The molecule has 5 heteroatoms. The topological polar surface area (TPSA) is 59.4 Å². The number of ether oxygens (including phenoxy) is 1. The number of hydrogen-bond donors (Lipinski definition) is 1. The van der Waals surface area contributed by atoms with Crippen LogP contribution in [-0.2, 0) is 4.74 Å². The van der Waals surface area contributed by atoms with E-state index >= 15 is 0 Å². The fourth-order valence-electron chi connectivity index (χ4n) is 1.07. The number of aromatic nitrogens is 1. The van der Waals surface area contributed by atoms with Gasteiger partial charge in [0.15, 0.2) is 0 Å². The van der Waals surface area contributed by atoms with Crippen molar-refractivity contribution in [1.82, 2.24) is 4.98 Å². The van der Waals surface area contributed by atoms with E-state index in [2.05, 4.69) is 11.9 Å². The van der Waals surface area contributed by atoms with E-state index in [0.717, 1.165) is 23.8 Å². The normalized spacial score (nSPS) is 10.3. The Morgan fingerprint density at radius 1 is 1.56 bits per heavy atom. The van der Waals surface area contributed by atoms with E-state index in [1.165, 1.54) is 24.0 Å². The van der Waals surface area contributed by atoms with Gasteiger partial charge in [-0.05, 0) is 18.6 Å². The standard InChI is InChI=1S/C11H15NO3S/c1-2-5-15-6-7-16-10-8-9(11(13)14)3-4-12-10/h3-4,8H,2,5-7H2,1H3,(H,13,14). The lowest BCUT2D eigenvalue weighted by molar-refractivity contribution is 0.0696. The van der Waals surface area contributed by atoms with E-state index in [1.54, 1.807) is 6.07 Å². The zero-order valence-electron chi connectivity index (χ0n) is 9.18. The summed E-state index contributed by atoms with van der Waals surface area (Å²) < 4.78 is 5.32. The van der Waals surface area contributed by atoms with Gasteiger partial charge in [-0.25, -0.2) is 9.78 Å². The molecule has 1 aromatic rings. The van der Waals surface area contributed by atoms with Crippen LogP contribution < -0.4 is 0 Å². The zero-order chi connectivity index (χ0) is 11.8. The smallest absolute Gasteiger partial charge is 0.335 e. The minimum Gasteiger partial charge on any atom is -0.478 e. The first-order valence-electron chi connectivity index (χ1n) is 5.14. The van der Waals surface area contributed by atoms with Crippen molar-refractivity contribution in [3.8, 4) is 0 Å². The molecule has 16 heavy (non-hydrogen) atoms. The summed E-state index contributed by atoms with van der Waals surface area (Å²) in [5.74, 6) is -0.137. The third-order valence-electron chi connectivity index (χ3n) is 1.81. The van der Waals surface area contributed by atoms with Gasteiger partial charge in [-0.3, -0.25) is 0 Å². The Kier molecular flexibility index (Phi) is 5.88. The summed E-state index contributed by atoms with van der Waals surface area (Å²) in [6.07, 6.45) is 2.52. The average molecular weight is 241 g/mol. The predicted octanol–water partition coefficient (Wildman–Crippen LogP) is 2.30. The van der Waals surface area contributed by atoms with E-state index in [1.807, 2.05) is 0 Å². The summed E-state index contributed by atoms with van der Waals surface area (Å²) >= 11 is 1.50. The highest BCUT2D eigenvalue weighted by molar-refractivity contribution is 7.99. The Labute approximate surface area is 99.0 Å². The minimum atomic E-state index is -0.925. The van der Waals surface area contributed by atoms with Gasteiger partial charge in [-0.1, -0.05) is 6.92 Å². The highest BCUT2D eigenvalue weighted by Gasteiger charge is 2.04. The number of nitrogens with zero attached hydrogens (tertiary/aromatic N) is 1. The molecule has 0 fully saturated rings. The van der Waals surface area contributed by atoms with Crippen molar-refractivity contribution in [3.63, 3.8) is 0 Å². The molecule has 0 saturated carbocycles. The average Bonchev–Trinajstić information content (AvgIpc) is 2.29. The van der Waals surface area contributed by atoms with Crippen molar-refractivity contribution in [3.05, 3.63) is 23.9 Å². The van der Waals surface area contributed by atoms with E-state index in [9.17, 15) is 4.79 Å². The molecule has 0 aliphatic carbocycles. The highest BCUT2D eigenvalue weighted by Crippen LogP contribution is 2.15. The maximum absolute atomic E-state index is 10.7. The quantitative estimate of drug-likeness (QED) is 0.586. The molecular formula is C11H15NO3S. The fourth-order valence-corrected chi connectivity index (χ4v) is 1.83. The largest absolute Gasteiger partial charge is 0.478 e. The third kappa shape index (κ3) is 4.63. The highest BCUT2D eigenvalue weighted by atomic mass is 32.2. The van der Waals surface area contributed by atoms with E-state index in [-0.39, 0.29) is 5.56 Å². The number of pyridine rings is 1. The van der Waals surface area contributed by atoms with Crippen LogP contribution in [0.25, 0.3) is 0 Å². The maximum Gasteiger partial charge on any atom is 0.335 e. The summed E-state index contributed by atoms with van der Waals surface area (Å²) in [6.45, 7) is 3.49. The number of aromatic carboxylic acids is 1. The molecule has 4 nitrogen and oxygen atoms in total. The van der Waals surface area contributed by atoms with Crippen LogP contribution in [0.3, 0.4) is 0 Å². The Bertz CT molecular complexity index is 344. The van der Waals surface area contributed by atoms with Crippen LogP contribution in [0, 0.1) is 0 Å².